The summed E-state index contributed by atoms with van der Waals surface area (Å²) in [6.07, 6.45) is 5.46. The van der Waals surface area contributed by atoms with Crippen LogP contribution in [0.15, 0.2) is 30.5 Å². The minimum Gasteiger partial charge on any atom is -0.397 e. The monoisotopic (exact) mass is 220 g/mol. The van der Waals surface area contributed by atoms with Gasteiger partial charge in [0.1, 0.15) is 0 Å². The lowest BCUT2D eigenvalue weighted by molar-refractivity contribution is 0.710. The van der Waals surface area contributed by atoms with Gasteiger partial charge in [-0.05, 0) is 30.6 Å². The molecule has 0 fully saturated rings. The summed E-state index contributed by atoms with van der Waals surface area (Å²) in [4.78, 5) is 0. The van der Waals surface area contributed by atoms with Gasteiger partial charge in [-0.15, -0.1) is 0 Å². The molecular weight excluding hydrogens is 204 g/mol. The Bertz CT molecular complexity index is 448. The summed E-state index contributed by atoms with van der Waals surface area (Å²) in [6, 6.07) is 8.21. The van der Waals surface area contributed by atoms with Crippen molar-refractivity contribution in [2.45, 2.75) is 13.0 Å². The van der Waals surface area contributed by atoms with Crippen LogP contribution in [0.5, 0.6) is 0 Å². The second kappa shape index (κ2) is 4.62. The van der Waals surface area contributed by atoms with Crippen molar-refractivity contribution in [1.29, 1.82) is 0 Å². The highest BCUT2D eigenvalue weighted by Gasteiger charge is 2.03. The maximum atomic E-state index is 5.98. The van der Waals surface area contributed by atoms with Gasteiger partial charge >= 0.3 is 0 Å². The number of aromatic nitrogens is 1. The molecule has 0 aliphatic rings. The smallest absolute Gasteiger partial charge is 0.0713 e. The van der Waals surface area contributed by atoms with E-state index in [1.807, 2.05) is 23.9 Å². The van der Waals surface area contributed by atoms with E-state index in [1.165, 1.54) is 23.1 Å². The molecule has 0 atom stereocenters. The topological polar surface area (TPSA) is 30.9 Å². The van der Waals surface area contributed by atoms with Crippen LogP contribution in [0.3, 0.4) is 0 Å². The first kappa shape index (κ1) is 10.4. The molecule has 2 rings (SSSR count). The van der Waals surface area contributed by atoms with Crippen LogP contribution in [0.2, 0.25) is 0 Å². The van der Waals surface area contributed by atoms with Gasteiger partial charge in [-0.2, -0.15) is 11.8 Å². The van der Waals surface area contributed by atoms with Crippen LogP contribution in [-0.2, 0) is 6.54 Å². The van der Waals surface area contributed by atoms with Crippen molar-refractivity contribution >= 4 is 28.4 Å². The molecule has 0 amide bonds. The Morgan fingerprint density at radius 2 is 2.20 bits per heavy atom. The van der Waals surface area contributed by atoms with Crippen molar-refractivity contribution in [2.75, 3.05) is 17.7 Å². The molecule has 0 saturated heterocycles. The normalized spacial score (nSPS) is 11.0. The summed E-state index contributed by atoms with van der Waals surface area (Å²) in [5.41, 5.74) is 8.04. The molecule has 0 aliphatic heterocycles. The number of aryl methyl sites for hydroxylation is 1. The van der Waals surface area contributed by atoms with Gasteiger partial charge in [0.05, 0.1) is 11.2 Å². The predicted molar refractivity (Wildman–Crippen MR) is 69.3 cm³/mol. The van der Waals surface area contributed by atoms with Crippen LogP contribution in [0.25, 0.3) is 10.9 Å². The zero-order valence-electron chi connectivity index (χ0n) is 8.94. The standard InChI is InChI=1S/C12H16N2S/c1-15-9-3-7-14-8-6-10-4-2-5-11(13)12(10)14/h2,4-6,8H,3,7,9,13H2,1H3. The summed E-state index contributed by atoms with van der Waals surface area (Å²) in [6.45, 7) is 1.05. The van der Waals surface area contributed by atoms with Gasteiger partial charge in [-0.25, -0.2) is 0 Å². The van der Waals surface area contributed by atoms with Gasteiger partial charge in [0.2, 0.25) is 0 Å². The van der Waals surface area contributed by atoms with E-state index < -0.39 is 0 Å². The van der Waals surface area contributed by atoms with Crippen molar-refractivity contribution < 1.29 is 0 Å². The Labute approximate surface area is 94.5 Å². The van der Waals surface area contributed by atoms with E-state index in [1.54, 1.807) is 0 Å². The zero-order valence-corrected chi connectivity index (χ0v) is 9.76. The highest BCUT2D eigenvalue weighted by molar-refractivity contribution is 7.98. The molecule has 0 bridgehead atoms. The molecular formula is C12H16N2S. The minimum absolute atomic E-state index is 0.877. The predicted octanol–water partition coefficient (Wildman–Crippen LogP) is 2.98. The van der Waals surface area contributed by atoms with Crippen LogP contribution in [0, 0.1) is 0 Å². The maximum absolute atomic E-state index is 5.98. The first-order chi connectivity index (χ1) is 7.33. The van der Waals surface area contributed by atoms with E-state index in [4.69, 9.17) is 5.73 Å². The second-order valence-electron chi connectivity index (χ2n) is 3.64. The fourth-order valence-corrected chi connectivity index (χ4v) is 2.27. The average Bonchev–Trinajstić information content (AvgIpc) is 2.63. The number of nitrogen functional groups attached to an aromatic ring is 1. The van der Waals surface area contributed by atoms with Gasteiger partial charge < -0.3 is 10.3 Å². The lowest BCUT2D eigenvalue weighted by Gasteiger charge is -2.06. The van der Waals surface area contributed by atoms with Crippen molar-refractivity contribution in [3.05, 3.63) is 30.5 Å². The Hall–Kier alpha value is -1.09. The van der Waals surface area contributed by atoms with E-state index in [9.17, 15) is 0 Å². The lowest BCUT2D eigenvalue weighted by Crippen LogP contribution is -1.99. The number of benzene rings is 1. The summed E-state index contributed by atoms with van der Waals surface area (Å²) in [5, 5.41) is 1.24. The van der Waals surface area contributed by atoms with E-state index in [0.717, 1.165) is 12.2 Å². The molecule has 2 N–H and O–H groups in total. The number of thioether (sulfide) groups is 1. The molecule has 0 radical (unpaired) electrons. The minimum atomic E-state index is 0.877. The lowest BCUT2D eigenvalue weighted by atomic mass is 10.2. The van der Waals surface area contributed by atoms with Gasteiger partial charge in [0, 0.05) is 18.1 Å². The quantitative estimate of drug-likeness (QED) is 0.634. The van der Waals surface area contributed by atoms with Crippen LogP contribution in [0.1, 0.15) is 6.42 Å². The van der Waals surface area contributed by atoms with Gasteiger partial charge in [0.15, 0.2) is 0 Å². The van der Waals surface area contributed by atoms with Crippen molar-refractivity contribution in [1.82, 2.24) is 4.57 Å². The SMILES string of the molecule is CSCCCn1ccc2cccc(N)c21. The highest BCUT2D eigenvalue weighted by atomic mass is 32.2. The largest absolute Gasteiger partial charge is 0.397 e. The fourth-order valence-electron chi connectivity index (χ4n) is 1.86. The number of hydrogen-bond acceptors (Lipinski definition) is 2. The molecule has 80 valence electrons. The van der Waals surface area contributed by atoms with E-state index in [0.29, 0.717) is 0 Å². The molecule has 2 nitrogen and oxygen atoms in total. The van der Waals surface area contributed by atoms with Gasteiger partial charge in [-0.1, -0.05) is 12.1 Å². The number of para-hydroxylation sites is 1. The highest BCUT2D eigenvalue weighted by Crippen LogP contribution is 2.22. The van der Waals surface area contributed by atoms with E-state index >= 15 is 0 Å². The molecule has 1 aromatic heterocycles. The average molecular weight is 220 g/mol. The van der Waals surface area contributed by atoms with Crippen LogP contribution < -0.4 is 5.73 Å². The first-order valence-corrected chi connectivity index (χ1v) is 6.54. The number of hydrogen-bond donors (Lipinski definition) is 1. The zero-order chi connectivity index (χ0) is 10.7. The van der Waals surface area contributed by atoms with E-state index in [2.05, 4.69) is 29.2 Å². The molecule has 15 heavy (non-hydrogen) atoms. The van der Waals surface area contributed by atoms with Crippen molar-refractivity contribution in [2.24, 2.45) is 0 Å². The maximum Gasteiger partial charge on any atom is 0.0713 e. The third kappa shape index (κ3) is 2.12. The van der Waals surface area contributed by atoms with Crippen molar-refractivity contribution in [3.8, 4) is 0 Å². The Morgan fingerprint density at radius 1 is 1.33 bits per heavy atom. The van der Waals surface area contributed by atoms with Gasteiger partial charge in [0.25, 0.3) is 0 Å². The van der Waals surface area contributed by atoms with Crippen LogP contribution >= 0.6 is 11.8 Å². The Kier molecular flexibility index (Phi) is 3.21. The Morgan fingerprint density at radius 3 is 3.00 bits per heavy atom. The third-order valence-electron chi connectivity index (χ3n) is 2.57. The third-order valence-corrected chi connectivity index (χ3v) is 3.26. The number of rotatable bonds is 4. The summed E-state index contributed by atoms with van der Waals surface area (Å²) in [7, 11) is 0. The fraction of sp³-hybridized carbons (Fsp3) is 0.333. The molecule has 0 unspecified atom stereocenters. The molecule has 0 saturated carbocycles. The number of nitrogens with zero attached hydrogens (tertiary/aromatic N) is 1. The molecule has 1 heterocycles. The number of fused-ring (bicyclic) bond motifs is 1. The summed E-state index contributed by atoms with van der Waals surface area (Å²) in [5.74, 6) is 1.20. The van der Waals surface area contributed by atoms with E-state index in [-0.39, 0.29) is 0 Å². The van der Waals surface area contributed by atoms with Crippen molar-refractivity contribution in [3.63, 3.8) is 0 Å². The second-order valence-corrected chi connectivity index (χ2v) is 4.63. The van der Waals surface area contributed by atoms with Crippen LogP contribution in [0.4, 0.5) is 5.69 Å². The first-order valence-electron chi connectivity index (χ1n) is 5.15. The molecule has 1 aromatic carbocycles. The summed E-state index contributed by atoms with van der Waals surface area (Å²) >= 11 is 1.89. The number of anilines is 1. The molecule has 2 aromatic rings. The summed E-state index contributed by atoms with van der Waals surface area (Å²) < 4.78 is 2.25. The van der Waals surface area contributed by atoms with Crippen LogP contribution in [-0.4, -0.2) is 16.6 Å². The molecule has 3 heteroatoms. The van der Waals surface area contributed by atoms with Gasteiger partial charge in [-0.3, -0.25) is 0 Å². The molecule has 0 spiro atoms. The Balaban J connectivity index is 2.27. The number of nitrogens with two attached hydrogens (primary N) is 1. The molecule has 0 aliphatic carbocycles.